The summed E-state index contributed by atoms with van der Waals surface area (Å²) in [6.45, 7) is 0.436. The van der Waals surface area contributed by atoms with Crippen molar-refractivity contribution in [2.24, 2.45) is 0 Å². The Morgan fingerprint density at radius 1 is 1.04 bits per heavy atom. The standard InChI is InChI=1S/C17H18Cl2N2O3/c1-23-12-4-6-15(16(10-12)24-2)21-17(22)7-8-20-14-5-3-11(18)9-13(14)19/h3-6,9-10,20H,7-8H2,1-2H3,(H,21,22). The summed E-state index contributed by atoms with van der Waals surface area (Å²) in [5, 5.41) is 6.99. The molecule has 0 fully saturated rings. The molecule has 0 atom stereocenters. The van der Waals surface area contributed by atoms with Gasteiger partial charge in [0.1, 0.15) is 11.5 Å². The molecule has 5 nitrogen and oxygen atoms in total. The Hall–Kier alpha value is -2.11. The monoisotopic (exact) mass is 368 g/mol. The van der Waals surface area contributed by atoms with E-state index in [1.807, 2.05) is 0 Å². The first-order valence-electron chi connectivity index (χ1n) is 7.24. The number of carbonyl (C=O) groups is 1. The van der Waals surface area contributed by atoms with E-state index in [4.69, 9.17) is 32.7 Å². The molecule has 0 saturated heterocycles. The number of carbonyl (C=O) groups excluding carboxylic acids is 1. The van der Waals surface area contributed by atoms with E-state index in [1.54, 1.807) is 43.5 Å². The van der Waals surface area contributed by atoms with Gasteiger partial charge in [-0.2, -0.15) is 0 Å². The van der Waals surface area contributed by atoms with Gasteiger partial charge in [-0.1, -0.05) is 23.2 Å². The van der Waals surface area contributed by atoms with Crippen LogP contribution >= 0.6 is 23.2 Å². The van der Waals surface area contributed by atoms with Crippen molar-refractivity contribution in [1.29, 1.82) is 0 Å². The zero-order chi connectivity index (χ0) is 17.5. The minimum atomic E-state index is -0.143. The van der Waals surface area contributed by atoms with E-state index in [0.717, 1.165) is 5.69 Å². The number of benzene rings is 2. The first-order chi connectivity index (χ1) is 11.5. The van der Waals surface area contributed by atoms with Crippen molar-refractivity contribution in [3.8, 4) is 11.5 Å². The van der Waals surface area contributed by atoms with Gasteiger partial charge in [0.05, 0.1) is 30.6 Å². The lowest BCUT2D eigenvalue weighted by Crippen LogP contribution is -2.16. The molecule has 0 radical (unpaired) electrons. The molecular formula is C17H18Cl2N2O3. The largest absolute Gasteiger partial charge is 0.497 e. The second-order valence-electron chi connectivity index (χ2n) is 4.92. The molecule has 0 aliphatic heterocycles. The van der Waals surface area contributed by atoms with Crippen LogP contribution in [0.4, 0.5) is 11.4 Å². The molecule has 24 heavy (non-hydrogen) atoms. The van der Waals surface area contributed by atoms with Crippen molar-refractivity contribution in [2.75, 3.05) is 31.4 Å². The highest BCUT2D eigenvalue weighted by Crippen LogP contribution is 2.29. The third-order valence-corrected chi connectivity index (χ3v) is 3.83. The SMILES string of the molecule is COc1ccc(NC(=O)CCNc2ccc(Cl)cc2Cl)c(OC)c1. The normalized spacial score (nSPS) is 10.2. The Kier molecular flexibility index (Phi) is 6.58. The highest BCUT2D eigenvalue weighted by atomic mass is 35.5. The molecule has 7 heteroatoms. The van der Waals surface area contributed by atoms with Crippen molar-refractivity contribution in [1.82, 2.24) is 0 Å². The van der Waals surface area contributed by atoms with Gasteiger partial charge in [0.15, 0.2) is 0 Å². The van der Waals surface area contributed by atoms with Crippen LogP contribution in [0.5, 0.6) is 11.5 Å². The van der Waals surface area contributed by atoms with Crippen LogP contribution in [-0.2, 0) is 4.79 Å². The number of amides is 1. The zero-order valence-corrected chi connectivity index (χ0v) is 14.9. The molecule has 2 aromatic rings. The molecular weight excluding hydrogens is 351 g/mol. The fourth-order valence-corrected chi connectivity index (χ4v) is 2.53. The molecule has 128 valence electrons. The summed E-state index contributed by atoms with van der Waals surface area (Å²) in [5.74, 6) is 1.05. The molecule has 0 bridgehead atoms. The van der Waals surface area contributed by atoms with E-state index in [-0.39, 0.29) is 12.3 Å². The quantitative estimate of drug-likeness (QED) is 0.757. The second-order valence-corrected chi connectivity index (χ2v) is 5.76. The molecule has 2 N–H and O–H groups in total. The average molecular weight is 369 g/mol. The smallest absolute Gasteiger partial charge is 0.226 e. The summed E-state index contributed by atoms with van der Waals surface area (Å²) < 4.78 is 10.4. The summed E-state index contributed by atoms with van der Waals surface area (Å²) in [7, 11) is 3.11. The van der Waals surface area contributed by atoms with Crippen molar-refractivity contribution in [3.63, 3.8) is 0 Å². The van der Waals surface area contributed by atoms with Gasteiger partial charge in [-0.3, -0.25) is 4.79 Å². The van der Waals surface area contributed by atoms with Crippen molar-refractivity contribution < 1.29 is 14.3 Å². The van der Waals surface area contributed by atoms with Crippen molar-refractivity contribution in [2.45, 2.75) is 6.42 Å². The lowest BCUT2D eigenvalue weighted by Gasteiger charge is -2.12. The van der Waals surface area contributed by atoms with Gasteiger partial charge in [-0.25, -0.2) is 0 Å². The Labute approximate surface area is 150 Å². The number of nitrogens with one attached hydrogen (secondary N) is 2. The number of anilines is 2. The third kappa shape index (κ3) is 4.94. The predicted octanol–water partition coefficient (Wildman–Crippen LogP) is 4.45. The van der Waals surface area contributed by atoms with Crippen LogP contribution in [0.2, 0.25) is 10.0 Å². The number of methoxy groups -OCH3 is 2. The fourth-order valence-electron chi connectivity index (χ4n) is 2.06. The second kappa shape index (κ2) is 8.66. The summed E-state index contributed by atoms with van der Waals surface area (Å²) in [4.78, 5) is 12.1. The molecule has 2 aromatic carbocycles. The van der Waals surface area contributed by atoms with Gasteiger partial charge in [-0.05, 0) is 30.3 Å². The fraction of sp³-hybridized carbons (Fsp3) is 0.235. The minimum Gasteiger partial charge on any atom is -0.497 e. The van der Waals surface area contributed by atoms with Gasteiger partial charge in [0.25, 0.3) is 0 Å². The van der Waals surface area contributed by atoms with Crippen LogP contribution in [0.1, 0.15) is 6.42 Å². The van der Waals surface area contributed by atoms with Crippen LogP contribution in [0.15, 0.2) is 36.4 Å². The summed E-state index contributed by atoms with van der Waals surface area (Å²) in [5.41, 5.74) is 1.32. The first kappa shape index (κ1) is 18.2. The van der Waals surface area contributed by atoms with E-state index in [2.05, 4.69) is 10.6 Å². The number of halogens is 2. The number of ether oxygens (including phenoxy) is 2. The van der Waals surface area contributed by atoms with Crippen molar-refractivity contribution in [3.05, 3.63) is 46.4 Å². The lowest BCUT2D eigenvalue weighted by atomic mass is 10.2. The minimum absolute atomic E-state index is 0.143. The molecule has 0 saturated carbocycles. The number of hydrogen-bond donors (Lipinski definition) is 2. The van der Waals surface area contributed by atoms with Crippen molar-refractivity contribution >= 4 is 40.5 Å². The molecule has 0 unspecified atom stereocenters. The Bertz CT molecular complexity index is 723. The first-order valence-corrected chi connectivity index (χ1v) is 8.00. The molecule has 0 aromatic heterocycles. The molecule has 1 amide bonds. The van der Waals surface area contributed by atoms with Gasteiger partial charge in [-0.15, -0.1) is 0 Å². The Morgan fingerprint density at radius 3 is 2.46 bits per heavy atom. The maximum Gasteiger partial charge on any atom is 0.226 e. The lowest BCUT2D eigenvalue weighted by molar-refractivity contribution is -0.116. The summed E-state index contributed by atoms with van der Waals surface area (Å²) in [6, 6.07) is 10.4. The van der Waals surface area contributed by atoms with Gasteiger partial charge < -0.3 is 20.1 Å². The van der Waals surface area contributed by atoms with Crippen LogP contribution < -0.4 is 20.1 Å². The van der Waals surface area contributed by atoms with E-state index < -0.39 is 0 Å². The van der Waals surface area contributed by atoms with E-state index in [1.165, 1.54) is 7.11 Å². The third-order valence-electron chi connectivity index (χ3n) is 3.28. The van der Waals surface area contributed by atoms with Crippen LogP contribution in [-0.4, -0.2) is 26.7 Å². The number of rotatable bonds is 7. The van der Waals surface area contributed by atoms with Crippen LogP contribution in [0.3, 0.4) is 0 Å². The molecule has 0 aliphatic carbocycles. The number of hydrogen-bond acceptors (Lipinski definition) is 4. The highest BCUT2D eigenvalue weighted by molar-refractivity contribution is 6.36. The van der Waals surface area contributed by atoms with E-state index in [9.17, 15) is 4.79 Å². The molecule has 0 heterocycles. The van der Waals surface area contributed by atoms with Crippen LogP contribution in [0, 0.1) is 0 Å². The Morgan fingerprint density at radius 2 is 1.79 bits per heavy atom. The topological polar surface area (TPSA) is 59.6 Å². The maximum atomic E-state index is 12.1. The molecule has 0 aliphatic rings. The van der Waals surface area contributed by atoms with Gasteiger partial charge >= 0.3 is 0 Å². The Balaban J connectivity index is 1.89. The molecule has 2 rings (SSSR count). The van der Waals surface area contributed by atoms with E-state index in [0.29, 0.717) is 33.8 Å². The highest BCUT2D eigenvalue weighted by Gasteiger charge is 2.09. The average Bonchev–Trinajstić information content (AvgIpc) is 2.57. The zero-order valence-electron chi connectivity index (χ0n) is 13.4. The van der Waals surface area contributed by atoms with Crippen LogP contribution in [0.25, 0.3) is 0 Å². The van der Waals surface area contributed by atoms with Gasteiger partial charge in [0.2, 0.25) is 5.91 Å². The summed E-state index contributed by atoms with van der Waals surface area (Å²) in [6.07, 6.45) is 0.272. The summed E-state index contributed by atoms with van der Waals surface area (Å²) >= 11 is 11.9. The maximum absolute atomic E-state index is 12.1. The molecule has 0 spiro atoms. The predicted molar refractivity (Wildman–Crippen MR) is 97.7 cm³/mol. The van der Waals surface area contributed by atoms with Gasteiger partial charge in [0, 0.05) is 24.1 Å². The van der Waals surface area contributed by atoms with E-state index >= 15 is 0 Å².